The number of thiocarbonyl (C=S) groups is 1. The lowest BCUT2D eigenvalue weighted by molar-refractivity contribution is 0.340. The molecule has 2 aromatic heterocycles. The summed E-state index contributed by atoms with van der Waals surface area (Å²) in [6.45, 7) is 9.18. The summed E-state index contributed by atoms with van der Waals surface area (Å²) in [4.78, 5) is 6.92. The van der Waals surface area contributed by atoms with Crippen LogP contribution < -0.4 is 15.0 Å². The molecule has 184 valence electrons. The van der Waals surface area contributed by atoms with E-state index in [9.17, 15) is 0 Å². The number of nitrogens with zero attached hydrogens (tertiary/aromatic N) is 3. The quantitative estimate of drug-likeness (QED) is 0.291. The second-order valence-corrected chi connectivity index (χ2v) is 9.49. The molecule has 0 saturated carbocycles. The van der Waals surface area contributed by atoms with E-state index >= 15 is 0 Å². The fourth-order valence-electron chi connectivity index (χ4n) is 5.18. The maximum atomic E-state index is 5.91. The standard InChI is InChI=1S/C30H32N4OS/c1-5-22-10-12-23(13-11-22)33-20(3)19-26(21(33)4)29-28(27-9-7-8-18-31-27)32-30(36)34(29)24-14-16-25(17-15-24)35-6-2/h7-19,28-29H,5-6H2,1-4H3,(H,32,36). The van der Waals surface area contributed by atoms with Crippen molar-refractivity contribution in [3.8, 4) is 11.4 Å². The highest BCUT2D eigenvalue weighted by molar-refractivity contribution is 7.80. The van der Waals surface area contributed by atoms with Crippen LogP contribution in [0.5, 0.6) is 5.75 Å². The lowest BCUT2D eigenvalue weighted by Crippen LogP contribution is -2.29. The Morgan fingerprint density at radius 2 is 1.67 bits per heavy atom. The summed E-state index contributed by atoms with van der Waals surface area (Å²) in [6.07, 6.45) is 2.87. The molecule has 2 unspecified atom stereocenters. The summed E-state index contributed by atoms with van der Waals surface area (Å²) in [5, 5.41) is 4.26. The van der Waals surface area contributed by atoms with Crippen LogP contribution in [0.25, 0.3) is 5.69 Å². The molecule has 2 atom stereocenters. The Kier molecular flexibility index (Phi) is 6.79. The Hall–Kier alpha value is -3.64. The molecule has 36 heavy (non-hydrogen) atoms. The van der Waals surface area contributed by atoms with E-state index < -0.39 is 0 Å². The first-order valence-corrected chi connectivity index (χ1v) is 12.9. The van der Waals surface area contributed by atoms with Gasteiger partial charge in [-0.3, -0.25) is 4.98 Å². The minimum atomic E-state index is -0.0818. The van der Waals surface area contributed by atoms with Gasteiger partial charge in [-0.2, -0.15) is 0 Å². The molecule has 0 bridgehead atoms. The number of aryl methyl sites for hydroxylation is 2. The fraction of sp³-hybridized carbons (Fsp3) is 0.267. The van der Waals surface area contributed by atoms with E-state index in [0.29, 0.717) is 11.7 Å². The van der Waals surface area contributed by atoms with Crippen LogP contribution in [0.2, 0.25) is 0 Å². The number of hydrogen-bond acceptors (Lipinski definition) is 3. The topological polar surface area (TPSA) is 42.3 Å². The van der Waals surface area contributed by atoms with E-state index in [0.717, 1.165) is 23.6 Å². The van der Waals surface area contributed by atoms with Gasteiger partial charge in [0, 0.05) is 29.0 Å². The number of nitrogens with one attached hydrogen (secondary N) is 1. The molecular weight excluding hydrogens is 464 g/mol. The van der Waals surface area contributed by atoms with Crippen LogP contribution >= 0.6 is 12.2 Å². The van der Waals surface area contributed by atoms with Crippen LogP contribution in [0.3, 0.4) is 0 Å². The molecule has 5 rings (SSSR count). The SMILES string of the molecule is CCOc1ccc(N2C(=S)NC(c3ccccn3)C2c2cc(C)n(-c3ccc(CC)cc3)c2C)cc1. The van der Waals surface area contributed by atoms with Crippen molar-refractivity contribution in [2.45, 2.75) is 46.2 Å². The molecule has 6 heteroatoms. The largest absolute Gasteiger partial charge is 0.494 e. The number of aromatic nitrogens is 2. The molecule has 1 N–H and O–H groups in total. The Morgan fingerprint density at radius 3 is 2.31 bits per heavy atom. The van der Waals surface area contributed by atoms with Crippen molar-refractivity contribution in [2.24, 2.45) is 0 Å². The number of anilines is 1. The number of hydrogen-bond donors (Lipinski definition) is 1. The van der Waals surface area contributed by atoms with E-state index in [1.807, 2.05) is 37.4 Å². The highest BCUT2D eigenvalue weighted by Crippen LogP contribution is 2.44. The van der Waals surface area contributed by atoms with Gasteiger partial charge in [0.15, 0.2) is 5.11 Å². The maximum absolute atomic E-state index is 5.91. The van der Waals surface area contributed by atoms with Crippen LogP contribution in [0.4, 0.5) is 5.69 Å². The molecule has 0 amide bonds. The predicted octanol–water partition coefficient (Wildman–Crippen LogP) is 6.63. The molecule has 4 aromatic rings. The number of ether oxygens (including phenoxy) is 1. The second kappa shape index (κ2) is 10.2. The van der Waals surface area contributed by atoms with Crippen LogP contribution in [0.15, 0.2) is 79.0 Å². The van der Waals surface area contributed by atoms with E-state index in [-0.39, 0.29) is 12.1 Å². The van der Waals surface area contributed by atoms with Crippen molar-refractivity contribution in [1.29, 1.82) is 0 Å². The van der Waals surface area contributed by atoms with Crippen molar-refractivity contribution in [1.82, 2.24) is 14.9 Å². The first kappa shape index (κ1) is 24.1. The van der Waals surface area contributed by atoms with Gasteiger partial charge in [-0.25, -0.2) is 0 Å². The van der Waals surface area contributed by atoms with Gasteiger partial charge in [-0.15, -0.1) is 0 Å². The first-order chi connectivity index (χ1) is 17.5. The molecule has 1 aliphatic rings. The highest BCUT2D eigenvalue weighted by atomic mass is 32.1. The number of rotatable bonds is 7. The molecule has 2 aromatic carbocycles. The number of pyridine rings is 1. The number of benzene rings is 2. The maximum Gasteiger partial charge on any atom is 0.174 e. The van der Waals surface area contributed by atoms with Gasteiger partial charge < -0.3 is 19.5 Å². The van der Waals surface area contributed by atoms with E-state index in [2.05, 4.69) is 84.1 Å². The molecule has 1 aliphatic heterocycles. The lowest BCUT2D eigenvalue weighted by atomic mass is 9.96. The summed E-state index contributed by atoms with van der Waals surface area (Å²) < 4.78 is 8.01. The van der Waals surface area contributed by atoms with Crippen molar-refractivity contribution >= 4 is 23.0 Å². The molecular formula is C30H32N4OS. The normalized spacial score (nSPS) is 17.3. The summed E-state index contributed by atoms with van der Waals surface area (Å²) >= 11 is 5.91. The van der Waals surface area contributed by atoms with Crippen molar-refractivity contribution in [2.75, 3.05) is 11.5 Å². The second-order valence-electron chi connectivity index (χ2n) is 9.11. The lowest BCUT2D eigenvalue weighted by Gasteiger charge is -2.28. The average Bonchev–Trinajstić information content (AvgIpc) is 3.40. The first-order valence-electron chi connectivity index (χ1n) is 12.5. The monoisotopic (exact) mass is 496 g/mol. The van der Waals surface area contributed by atoms with E-state index in [1.54, 1.807) is 0 Å². The van der Waals surface area contributed by atoms with Gasteiger partial charge in [-0.1, -0.05) is 25.1 Å². The third-order valence-electron chi connectivity index (χ3n) is 6.92. The molecule has 3 heterocycles. The van der Waals surface area contributed by atoms with E-state index in [4.69, 9.17) is 21.9 Å². The van der Waals surface area contributed by atoms with Gasteiger partial charge in [-0.05, 0) is 105 Å². The molecule has 0 spiro atoms. The van der Waals surface area contributed by atoms with E-state index in [1.165, 1.54) is 28.2 Å². The van der Waals surface area contributed by atoms with Crippen LogP contribution in [-0.2, 0) is 6.42 Å². The highest BCUT2D eigenvalue weighted by Gasteiger charge is 2.42. The van der Waals surface area contributed by atoms with Crippen molar-refractivity contribution in [3.05, 3.63) is 107 Å². The Bertz CT molecular complexity index is 1350. The van der Waals surface area contributed by atoms with Gasteiger partial charge in [0.1, 0.15) is 5.75 Å². The third-order valence-corrected chi connectivity index (χ3v) is 7.23. The Balaban J connectivity index is 1.62. The zero-order valence-corrected chi connectivity index (χ0v) is 22.0. The molecule has 1 fully saturated rings. The molecule has 0 radical (unpaired) electrons. The van der Waals surface area contributed by atoms with Crippen LogP contribution in [0, 0.1) is 13.8 Å². The minimum Gasteiger partial charge on any atom is -0.494 e. The smallest absolute Gasteiger partial charge is 0.174 e. The summed E-state index contributed by atoms with van der Waals surface area (Å²) in [7, 11) is 0. The van der Waals surface area contributed by atoms with Gasteiger partial charge in [0.2, 0.25) is 0 Å². The summed E-state index contributed by atoms with van der Waals surface area (Å²) in [6, 6.07) is 25.2. The van der Waals surface area contributed by atoms with Gasteiger partial charge in [0.25, 0.3) is 0 Å². The third kappa shape index (κ3) is 4.37. The zero-order valence-electron chi connectivity index (χ0n) is 21.2. The van der Waals surface area contributed by atoms with Crippen molar-refractivity contribution in [3.63, 3.8) is 0 Å². The van der Waals surface area contributed by atoms with Crippen molar-refractivity contribution < 1.29 is 4.74 Å². The Labute approximate surface area is 218 Å². The zero-order chi connectivity index (χ0) is 25.2. The summed E-state index contributed by atoms with van der Waals surface area (Å²) in [5.74, 6) is 0.853. The van der Waals surface area contributed by atoms with Crippen LogP contribution in [-0.4, -0.2) is 21.3 Å². The van der Waals surface area contributed by atoms with Crippen LogP contribution in [0.1, 0.15) is 54.1 Å². The average molecular weight is 497 g/mol. The fourth-order valence-corrected chi connectivity index (χ4v) is 5.53. The Morgan fingerprint density at radius 1 is 0.944 bits per heavy atom. The predicted molar refractivity (Wildman–Crippen MR) is 150 cm³/mol. The molecule has 0 aliphatic carbocycles. The van der Waals surface area contributed by atoms with Gasteiger partial charge in [0.05, 0.1) is 24.4 Å². The molecule has 5 nitrogen and oxygen atoms in total. The summed E-state index contributed by atoms with van der Waals surface area (Å²) in [5.41, 5.74) is 8.12. The molecule has 1 saturated heterocycles. The minimum absolute atomic E-state index is 0.0554. The van der Waals surface area contributed by atoms with Gasteiger partial charge >= 0.3 is 0 Å².